The summed E-state index contributed by atoms with van der Waals surface area (Å²) in [6, 6.07) is 9.60. The van der Waals surface area contributed by atoms with Crippen LogP contribution in [-0.4, -0.2) is 119 Å². The molecule has 2 heterocycles. The van der Waals surface area contributed by atoms with E-state index in [0.29, 0.717) is 81.4 Å². The van der Waals surface area contributed by atoms with Crippen LogP contribution in [0.15, 0.2) is 73.3 Å². The van der Waals surface area contributed by atoms with Crippen molar-refractivity contribution < 1.29 is 33.6 Å². The topological polar surface area (TPSA) is 366 Å². The van der Waals surface area contributed by atoms with Crippen LogP contribution >= 0.6 is 0 Å². The predicted octanol–water partition coefficient (Wildman–Crippen LogP) is -1.34. The maximum Gasteiger partial charge on any atom is 0.243 e. The molecule has 0 radical (unpaired) electrons. The Morgan fingerprint density at radius 2 is 1.12 bits per heavy atom. The number of nitrogens with zero attached hydrogens (tertiary/aromatic N) is 1. The summed E-state index contributed by atoms with van der Waals surface area (Å²) in [5, 5.41) is 17.0. The van der Waals surface area contributed by atoms with Crippen LogP contribution in [0.4, 0.5) is 0 Å². The van der Waals surface area contributed by atoms with Gasteiger partial charge in [-0.1, -0.05) is 55.0 Å². The average Bonchev–Trinajstić information content (AvgIpc) is 3.99. The van der Waals surface area contributed by atoms with Crippen molar-refractivity contribution in [2.24, 2.45) is 28.7 Å². The van der Waals surface area contributed by atoms with E-state index in [1.807, 2.05) is 24.3 Å². The van der Waals surface area contributed by atoms with E-state index in [9.17, 15) is 33.6 Å². The fourth-order valence-corrected chi connectivity index (χ4v) is 7.42. The lowest BCUT2D eigenvalue weighted by atomic mass is 10.0. The summed E-state index contributed by atoms with van der Waals surface area (Å²) in [4.78, 5) is 105. The number of aromatic nitrogens is 3. The average molecular weight is 929 g/mol. The molecule has 4 aromatic rings. The van der Waals surface area contributed by atoms with Gasteiger partial charge in [0.25, 0.3) is 0 Å². The van der Waals surface area contributed by atoms with E-state index in [1.165, 1.54) is 6.33 Å². The van der Waals surface area contributed by atoms with Crippen LogP contribution in [0.5, 0.6) is 0 Å². The van der Waals surface area contributed by atoms with Gasteiger partial charge in [0.2, 0.25) is 41.4 Å². The van der Waals surface area contributed by atoms with E-state index in [0.717, 1.165) is 10.9 Å². The summed E-state index contributed by atoms with van der Waals surface area (Å²) in [5.74, 6) is -4.79. The highest BCUT2D eigenvalue weighted by Crippen LogP contribution is 2.19. The zero-order valence-corrected chi connectivity index (χ0v) is 37.9. The zero-order chi connectivity index (χ0) is 48.6. The van der Waals surface area contributed by atoms with Gasteiger partial charge in [-0.15, -0.1) is 0 Å². The Morgan fingerprint density at radius 3 is 1.75 bits per heavy atom. The number of rotatable bonds is 31. The Hall–Kier alpha value is -6.68. The molecule has 0 bridgehead atoms. The number of hydrogen-bond donors (Lipinski definition) is 13. The molecule has 6 atom stereocenters. The van der Waals surface area contributed by atoms with E-state index in [1.54, 1.807) is 42.7 Å². The number of nitrogens with one attached hydrogen (secondary N) is 8. The van der Waals surface area contributed by atoms with Gasteiger partial charge in [0.1, 0.15) is 30.2 Å². The Kier molecular flexibility index (Phi) is 22.4. The highest BCUT2D eigenvalue weighted by Gasteiger charge is 2.32. The number of amides is 7. The minimum atomic E-state index is -1.28. The second-order valence-electron chi connectivity index (χ2n) is 16.5. The van der Waals surface area contributed by atoms with Gasteiger partial charge in [-0.25, -0.2) is 4.98 Å². The molecule has 0 saturated carbocycles. The first-order valence-electron chi connectivity index (χ1n) is 22.8. The molecule has 0 aliphatic heterocycles. The second kappa shape index (κ2) is 28.4. The number of H-pyrrole nitrogens is 2. The first-order valence-corrected chi connectivity index (χ1v) is 22.8. The number of imidazole rings is 1. The smallest absolute Gasteiger partial charge is 0.243 e. The van der Waals surface area contributed by atoms with Crippen LogP contribution < -0.4 is 60.6 Å². The molecule has 67 heavy (non-hydrogen) atoms. The van der Waals surface area contributed by atoms with Crippen molar-refractivity contribution in [3.63, 3.8) is 0 Å². The van der Waals surface area contributed by atoms with Crippen LogP contribution in [0.1, 0.15) is 74.6 Å². The lowest BCUT2D eigenvalue weighted by Gasteiger charge is -2.26. The Labute approximate surface area is 390 Å². The van der Waals surface area contributed by atoms with Crippen LogP contribution in [0, 0.1) is 0 Å². The number of aromatic amines is 2. The summed E-state index contributed by atoms with van der Waals surface area (Å²) < 4.78 is 0. The summed E-state index contributed by atoms with van der Waals surface area (Å²) in [6.07, 6.45) is 9.00. The van der Waals surface area contributed by atoms with E-state index in [-0.39, 0.29) is 32.1 Å². The molecule has 0 fully saturated rings. The molecule has 4 rings (SSSR count). The van der Waals surface area contributed by atoms with Gasteiger partial charge >= 0.3 is 0 Å². The molecular formula is C46H68N14O7. The first-order chi connectivity index (χ1) is 32.3. The van der Waals surface area contributed by atoms with Gasteiger partial charge in [-0.3, -0.25) is 33.6 Å². The van der Waals surface area contributed by atoms with Crippen molar-refractivity contribution in [1.82, 2.24) is 46.9 Å². The molecule has 21 heteroatoms. The highest BCUT2D eigenvalue weighted by molar-refractivity contribution is 5.97. The molecule has 0 saturated heterocycles. The number of benzene rings is 2. The monoisotopic (exact) mass is 929 g/mol. The number of carbonyl (C=O) groups excluding carboxylic acids is 7. The van der Waals surface area contributed by atoms with Crippen molar-refractivity contribution in [2.45, 2.75) is 113 Å². The number of unbranched alkanes of at least 4 members (excludes halogenated alkanes) is 3. The maximum atomic E-state index is 14.2. The Balaban J connectivity index is 1.52. The van der Waals surface area contributed by atoms with Gasteiger partial charge in [-0.05, 0) is 88.2 Å². The third-order valence-corrected chi connectivity index (χ3v) is 11.2. The van der Waals surface area contributed by atoms with Crippen LogP contribution in [0.25, 0.3) is 10.9 Å². The molecule has 364 valence electrons. The van der Waals surface area contributed by atoms with Gasteiger partial charge in [0.05, 0.1) is 24.6 Å². The number of fused-ring (bicyclic) bond motifs is 1. The van der Waals surface area contributed by atoms with Gasteiger partial charge in [0.15, 0.2) is 0 Å². The number of carbonyl (C=O) groups is 7. The van der Waals surface area contributed by atoms with Crippen LogP contribution in [0.3, 0.4) is 0 Å². The molecule has 7 amide bonds. The molecule has 18 N–H and O–H groups in total. The molecular weight excluding hydrogens is 861 g/mol. The lowest BCUT2D eigenvalue weighted by molar-refractivity contribution is -0.134. The van der Waals surface area contributed by atoms with Crippen LogP contribution in [0.2, 0.25) is 0 Å². The summed E-state index contributed by atoms with van der Waals surface area (Å²) in [6.45, 7) is 0.615. The normalized spacial score (nSPS) is 13.9. The highest BCUT2D eigenvalue weighted by atomic mass is 16.2. The zero-order valence-electron chi connectivity index (χ0n) is 37.9. The van der Waals surface area contributed by atoms with Crippen molar-refractivity contribution in [3.05, 3.63) is 90.1 Å². The summed E-state index contributed by atoms with van der Waals surface area (Å²) >= 11 is 0. The number of primary amides is 1. The third kappa shape index (κ3) is 17.9. The van der Waals surface area contributed by atoms with E-state index in [4.69, 9.17) is 28.7 Å². The molecule has 2 aromatic carbocycles. The van der Waals surface area contributed by atoms with Gasteiger partial charge < -0.3 is 70.5 Å². The van der Waals surface area contributed by atoms with Crippen molar-refractivity contribution in [2.75, 3.05) is 26.2 Å². The largest absolute Gasteiger partial charge is 0.368 e. The number of para-hydroxylation sites is 1. The molecule has 2 aromatic heterocycles. The fourth-order valence-electron chi connectivity index (χ4n) is 7.42. The molecule has 0 unspecified atom stereocenters. The van der Waals surface area contributed by atoms with Crippen molar-refractivity contribution >= 4 is 52.3 Å². The molecule has 21 nitrogen and oxygen atoms in total. The van der Waals surface area contributed by atoms with E-state index < -0.39 is 84.1 Å². The second-order valence-corrected chi connectivity index (χ2v) is 16.5. The van der Waals surface area contributed by atoms with Gasteiger partial charge in [0, 0.05) is 42.6 Å². The third-order valence-electron chi connectivity index (χ3n) is 11.2. The molecule has 0 aliphatic carbocycles. The van der Waals surface area contributed by atoms with E-state index in [2.05, 4.69) is 46.9 Å². The lowest BCUT2D eigenvalue weighted by Crippen LogP contribution is -2.59. The van der Waals surface area contributed by atoms with Crippen molar-refractivity contribution in [3.8, 4) is 0 Å². The standard InChI is InChI=1S/C46H68N14O7/c47-19-9-6-15-33(50)42(63)58-36(18-8-11-21-49)44(65)60-39(24-31-26-52-28-55-31)46(67)59-37(22-29-12-2-1-3-13-29)43(64)54-27-40(61)56-38(23-30-25-53-34-16-5-4-14-32(30)34)45(66)57-35(41(51)62)17-7-10-20-48/h1-5,12-14,16,25-26,28,33,35-39,53H,6-11,15,17-24,27,47-50H2,(H2,51,62)(H,52,55)(H,54,64)(H,56,61)(H,57,66)(H,58,63)(H,59,67)(H,60,65)/t33-,35-,36-,37-,38-,39-/m0/s1. The summed E-state index contributed by atoms with van der Waals surface area (Å²) in [7, 11) is 0. The molecule has 0 aliphatic rings. The Bertz CT molecular complexity index is 2180. The maximum absolute atomic E-state index is 14.2. The van der Waals surface area contributed by atoms with E-state index >= 15 is 0 Å². The minimum absolute atomic E-state index is 0.00677. The first kappa shape index (κ1) is 52.9. The minimum Gasteiger partial charge on any atom is -0.368 e. The summed E-state index contributed by atoms with van der Waals surface area (Å²) in [5.41, 5.74) is 31.3. The number of nitrogens with two attached hydrogens (primary N) is 5. The predicted molar refractivity (Wildman–Crippen MR) is 253 cm³/mol. The SMILES string of the molecule is NCCCC[C@H](NC(=O)[C@H](Cc1c[nH]c2ccccc12)NC(=O)CNC(=O)[C@H](Cc1ccccc1)NC(=O)[C@H](Cc1c[nH]cn1)NC(=O)[C@H](CCCCN)NC(=O)[C@@H](N)CCCCN)C(N)=O. The molecule has 0 spiro atoms. The Morgan fingerprint density at radius 1 is 0.567 bits per heavy atom. The number of hydrogen-bond acceptors (Lipinski definition) is 12. The quantitative estimate of drug-likeness (QED) is 0.0261. The van der Waals surface area contributed by atoms with Crippen LogP contribution in [-0.2, 0) is 52.8 Å². The van der Waals surface area contributed by atoms with Crippen molar-refractivity contribution in [1.29, 1.82) is 0 Å². The van der Waals surface area contributed by atoms with Gasteiger partial charge in [-0.2, -0.15) is 0 Å². The fraction of sp³-hybridized carbons (Fsp3) is 0.478.